The largest absolute Gasteiger partial charge is 0.416 e. The average molecular weight is 296 g/mol. The molecule has 0 saturated heterocycles. The molecule has 0 saturated carbocycles. The van der Waals surface area contributed by atoms with Crippen LogP contribution in [0, 0.1) is 0 Å². The number of benzene rings is 1. The molecule has 0 N–H and O–H groups in total. The van der Waals surface area contributed by atoms with Gasteiger partial charge in [-0.15, -0.1) is 0 Å². The Kier molecular flexibility index (Phi) is 3.93. The van der Waals surface area contributed by atoms with Gasteiger partial charge in [0.1, 0.15) is 0 Å². The maximum absolute atomic E-state index is 12.7. The maximum Gasteiger partial charge on any atom is 0.416 e. The summed E-state index contributed by atoms with van der Waals surface area (Å²) >= 11 is 0. The molecule has 0 amide bonds. The lowest BCUT2D eigenvalue weighted by Crippen LogP contribution is -2.20. The van der Waals surface area contributed by atoms with E-state index in [9.17, 15) is 22.8 Å². The molecule has 0 bridgehead atoms. The zero-order valence-corrected chi connectivity index (χ0v) is 11.0. The molecular formula is C14H11F3N2O2. The summed E-state index contributed by atoms with van der Waals surface area (Å²) in [6, 6.07) is 5.59. The Morgan fingerprint density at radius 1 is 1.29 bits per heavy atom. The number of hydrogen-bond donors (Lipinski definition) is 0. The Morgan fingerprint density at radius 3 is 2.62 bits per heavy atom. The van der Waals surface area contributed by atoms with E-state index in [-0.39, 0.29) is 17.8 Å². The summed E-state index contributed by atoms with van der Waals surface area (Å²) in [4.78, 5) is 23.1. The lowest BCUT2D eigenvalue weighted by molar-refractivity contribution is -0.137. The number of carbonyl (C=O) groups is 1. The molecule has 0 spiro atoms. The summed E-state index contributed by atoms with van der Waals surface area (Å²) in [5, 5.41) is 3.82. The first kappa shape index (κ1) is 15.0. The summed E-state index contributed by atoms with van der Waals surface area (Å²) in [5.41, 5.74) is -1.54. The molecule has 2 rings (SSSR count). The van der Waals surface area contributed by atoms with Gasteiger partial charge in [-0.3, -0.25) is 9.59 Å². The van der Waals surface area contributed by atoms with Crippen molar-refractivity contribution in [3.8, 4) is 5.69 Å². The van der Waals surface area contributed by atoms with Crippen LogP contribution in [-0.4, -0.2) is 15.6 Å². The van der Waals surface area contributed by atoms with Crippen LogP contribution in [0.1, 0.15) is 29.4 Å². The standard InChI is InChI=1S/C14H11F3N2O2/c1-2-11(20)13-12(21)6-7-19(18-13)10-5-3-4-9(8-10)14(15,16)17/h3-8H,2H2,1H3. The number of ketones is 1. The van der Waals surface area contributed by atoms with E-state index in [4.69, 9.17) is 0 Å². The lowest BCUT2D eigenvalue weighted by Gasteiger charge is -2.10. The first-order valence-electron chi connectivity index (χ1n) is 6.13. The first-order chi connectivity index (χ1) is 9.82. The van der Waals surface area contributed by atoms with E-state index in [2.05, 4.69) is 5.10 Å². The molecule has 0 radical (unpaired) electrons. The Labute approximate surface area is 117 Å². The molecule has 1 heterocycles. The third-order valence-corrected chi connectivity index (χ3v) is 2.83. The van der Waals surface area contributed by atoms with Gasteiger partial charge in [-0.25, -0.2) is 4.68 Å². The minimum atomic E-state index is -4.48. The van der Waals surface area contributed by atoms with Crippen LogP contribution in [0.25, 0.3) is 5.69 Å². The summed E-state index contributed by atoms with van der Waals surface area (Å²) in [6.07, 6.45) is -3.16. The van der Waals surface area contributed by atoms with Crippen molar-refractivity contribution in [1.29, 1.82) is 0 Å². The van der Waals surface area contributed by atoms with Crippen LogP contribution in [0.15, 0.2) is 41.3 Å². The quantitative estimate of drug-likeness (QED) is 0.818. The lowest BCUT2D eigenvalue weighted by atomic mass is 10.2. The van der Waals surface area contributed by atoms with E-state index in [0.29, 0.717) is 0 Å². The molecule has 1 aromatic carbocycles. The monoisotopic (exact) mass is 296 g/mol. The first-order valence-corrected chi connectivity index (χ1v) is 6.13. The van der Waals surface area contributed by atoms with Crippen molar-refractivity contribution >= 4 is 5.78 Å². The number of alkyl halides is 3. The molecule has 0 aliphatic rings. The van der Waals surface area contributed by atoms with Crippen molar-refractivity contribution in [2.45, 2.75) is 19.5 Å². The van der Waals surface area contributed by atoms with Gasteiger partial charge >= 0.3 is 6.18 Å². The second-order valence-corrected chi connectivity index (χ2v) is 4.30. The van der Waals surface area contributed by atoms with Crippen molar-refractivity contribution in [2.24, 2.45) is 0 Å². The number of aromatic nitrogens is 2. The van der Waals surface area contributed by atoms with Crippen molar-refractivity contribution in [3.05, 3.63) is 58.0 Å². The van der Waals surface area contributed by atoms with Gasteiger partial charge in [-0.1, -0.05) is 13.0 Å². The van der Waals surface area contributed by atoms with E-state index < -0.39 is 23.0 Å². The molecule has 0 atom stereocenters. The van der Waals surface area contributed by atoms with Gasteiger partial charge < -0.3 is 0 Å². The normalized spacial score (nSPS) is 11.4. The summed E-state index contributed by atoms with van der Waals surface area (Å²) in [6.45, 7) is 1.57. The minimum Gasteiger partial charge on any atom is -0.292 e. The highest BCUT2D eigenvalue weighted by Gasteiger charge is 2.30. The molecule has 1 aromatic heterocycles. The molecule has 0 aliphatic carbocycles. The molecule has 0 unspecified atom stereocenters. The SMILES string of the molecule is CCC(=O)c1nn(-c2cccc(C(F)(F)F)c2)ccc1=O. The van der Waals surface area contributed by atoms with Crippen molar-refractivity contribution in [1.82, 2.24) is 9.78 Å². The maximum atomic E-state index is 12.7. The molecule has 110 valence electrons. The van der Waals surface area contributed by atoms with Gasteiger partial charge in [0, 0.05) is 18.7 Å². The minimum absolute atomic E-state index is 0.0921. The fourth-order valence-electron chi connectivity index (χ4n) is 1.74. The smallest absolute Gasteiger partial charge is 0.292 e. The zero-order valence-electron chi connectivity index (χ0n) is 11.0. The van der Waals surface area contributed by atoms with Crippen LogP contribution in [0.2, 0.25) is 0 Å². The number of halogens is 3. The zero-order chi connectivity index (χ0) is 15.6. The molecule has 7 heteroatoms. The van der Waals surface area contributed by atoms with Gasteiger partial charge in [0.25, 0.3) is 0 Å². The number of hydrogen-bond acceptors (Lipinski definition) is 3. The van der Waals surface area contributed by atoms with Gasteiger partial charge in [0.05, 0.1) is 11.3 Å². The van der Waals surface area contributed by atoms with Crippen LogP contribution in [-0.2, 0) is 6.18 Å². The number of nitrogens with zero attached hydrogens (tertiary/aromatic N) is 2. The van der Waals surface area contributed by atoms with E-state index >= 15 is 0 Å². The third-order valence-electron chi connectivity index (χ3n) is 2.83. The van der Waals surface area contributed by atoms with E-state index in [1.807, 2.05) is 0 Å². The summed E-state index contributed by atoms with van der Waals surface area (Å²) in [7, 11) is 0. The predicted molar refractivity (Wildman–Crippen MR) is 69.5 cm³/mol. The highest BCUT2D eigenvalue weighted by Crippen LogP contribution is 2.30. The van der Waals surface area contributed by atoms with Crippen molar-refractivity contribution in [2.75, 3.05) is 0 Å². The van der Waals surface area contributed by atoms with Crippen LogP contribution in [0.5, 0.6) is 0 Å². The fraction of sp³-hybridized carbons (Fsp3) is 0.214. The molecule has 0 fully saturated rings. The molecule has 21 heavy (non-hydrogen) atoms. The van der Waals surface area contributed by atoms with E-state index in [0.717, 1.165) is 22.9 Å². The second-order valence-electron chi connectivity index (χ2n) is 4.30. The van der Waals surface area contributed by atoms with Crippen LogP contribution in [0.3, 0.4) is 0 Å². The molecule has 0 aliphatic heterocycles. The van der Waals surface area contributed by atoms with Crippen molar-refractivity contribution in [3.63, 3.8) is 0 Å². The van der Waals surface area contributed by atoms with Crippen molar-refractivity contribution < 1.29 is 18.0 Å². The topological polar surface area (TPSA) is 52.0 Å². The third kappa shape index (κ3) is 3.18. The predicted octanol–water partition coefficient (Wildman–Crippen LogP) is 2.84. The molecule has 2 aromatic rings. The second kappa shape index (κ2) is 5.51. The average Bonchev–Trinajstić information content (AvgIpc) is 2.46. The Balaban J connectivity index is 2.53. The summed E-state index contributed by atoms with van der Waals surface area (Å²) < 4.78 is 39.1. The Hall–Kier alpha value is -2.44. The number of carbonyl (C=O) groups excluding carboxylic acids is 1. The van der Waals surface area contributed by atoms with E-state index in [1.165, 1.54) is 18.3 Å². The summed E-state index contributed by atoms with van der Waals surface area (Å²) in [5.74, 6) is -0.457. The number of rotatable bonds is 3. The number of Topliss-reactive ketones (excluding diaryl/α,β-unsaturated/α-hetero) is 1. The highest BCUT2D eigenvalue weighted by molar-refractivity contribution is 5.93. The van der Waals surface area contributed by atoms with Crippen LogP contribution < -0.4 is 5.43 Å². The Bertz CT molecular complexity index is 735. The highest BCUT2D eigenvalue weighted by atomic mass is 19.4. The Morgan fingerprint density at radius 2 is 2.00 bits per heavy atom. The molecule has 4 nitrogen and oxygen atoms in total. The van der Waals surface area contributed by atoms with Gasteiger partial charge in [0.15, 0.2) is 11.5 Å². The van der Waals surface area contributed by atoms with Gasteiger partial charge in [0.2, 0.25) is 5.43 Å². The van der Waals surface area contributed by atoms with Crippen LogP contribution >= 0.6 is 0 Å². The van der Waals surface area contributed by atoms with E-state index in [1.54, 1.807) is 6.92 Å². The van der Waals surface area contributed by atoms with Gasteiger partial charge in [-0.05, 0) is 18.2 Å². The molecular weight excluding hydrogens is 285 g/mol. The van der Waals surface area contributed by atoms with Crippen LogP contribution in [0.4, 0.5) is 13.2 Å². The van der Waals surface area contributed by atoms with Gasteiger partial charge in [-0.2, -0.15) is 18.3 Å². The fourth-order valence-corrected chi connectivity index (χ4v) is 1.74.